The molecule has 0 fully saturated rings. The summed E-state index contributed by atoms with van der Waals surface area (Å²) in [4.78, 5) is 32.4. The van der Waals surface area contributed by atoms with Crippen LogP contribution in [-0.4, -0.2) is 15.6 Å². The van der Waals surface area contributed by atoms with Crippen LogP contribution >= 0.6 is 7.60 Å². The molecule has 0 spiro atoms. The minimum atomic E-state index is -5.68. The van der Waals surface area contributed by atoms with Crippen LogP contribution < -0.4 is 0 Å². The van der Waals surface area contributed by atoms with Gasteiger partial charge in [-0.05, 0) is 29.5 Å². The Labute approximate surface area is 208 Å². The molecule has 7 heteroatoms. The molecule has 0 aliphatic rings. The van der Waals surface area contributed by atoms with Crippen molar-refractivity contribution in [3.63, 3.8) is 0 Å². The number of rotatable bonds is 9. The predicted molar refractivity (Wildman–Crippen MR) is 135 cm³/mol. The first-order valence-electron chi connectivity index (χ1n) is 11.4. The number of ketones is 1. The van der Waals surface area contributed by atoms with Crippen LogP contribution in [0.1, 0.15) is 32.6 Å². The lowest BCUT2D eigenvalue weighted by Crippen LogP contribution is -2.40. The van der Waals surface area contributed by atoms with E-state index in [1.165, 1.54) is 12.1 Å². The normalized spacial score (nSPS) is 13.7. The highest BCUT2D eigenvalue weighted by molar-refractivity contribution is 7.52. The zero-order chi connectivity index (χ0) is 25.8. The zero-order valence-electron chi connectivity index (χ0n) is 19.3. The summed E-state index contributed by atoms with van der Waals surface area (Å²) in [5.74, 6) is -0.109. The Morgan fingerprint density at radius 2 is 1.08 bits per heavy atom. The van der Waals surface area contributed by atoms with Gasteiger partial charge in [0.25, 0.3) is 0 Å². The molecular weight excluding hydrogens is 481 g/mol. The van der Waals surface area contributed by atoms with Crippen LogP contribution in [0.4, 0.5) is 8.78 Å². The molecule has 0 aliphatic carbocycles. The van der Waals surface area contributed by atoms with E-state index < -0.39 is 24.2 Å². The van der Waals surface area contributed by atoms with Crippen molar-refractivity contribution >= 4 is 13.4 Å². The first-order valence-corrected chi connectivity index (χ1v) is 13.0. The van der Waals surface area contributed by atoms with Gasteiger partial charge < -0.3 is 9.79 Å². The van der Waals surface area contributed by atoms with Gasteiger partial charge in [-0.15, -0.1) is 0 Å². The van der Waals surface area contributed by atoms with Crippen molar-refractivity contribution in [2.24, 2.45) is 0 Å². The van der Waals surface area contributed by atoms with E-state index in [4.69, 9.17) is 9.79 Å². The van der Waals surface area contributed by atoms with Gasteiger partial charge in [-0.2, -0.15) is 8.78 Å². The van der Waals surface area contributed by atoms with E-state index in [0.29, 0.717) is 17.5 Å². The smallest absolute Gasteiger partial charge is 0.320 e. The number of Topliss-reactive ketones (excluding diaryl/α,β-unsaturated/α-hetero) is 1. The Kier molecular flexibility index (Phi) is 7.32. The van der Waals surface area contributed by atoms with Crippen molar-refractivity contribution in [1.29, 1.82) is 0 Å². The first-order chi connectivity index (χ1) is 17.1. The summed E-state index contributed by atoms with van der Waals surface area (Å²) in [5, 5.41) is 0. The fourth-order valence-corrected chi connectivity index (χ4v) is 4.95. The monoisotopic (exact) mass is 506 g/mol. The number of hydrogen-bond acceptors (Lipinski definition) is 2. The SMILES string of the molecule is O=C(c1ccccc1)C(Cc1ccccc1)(Cc1ccc(C(F)(F)P(=O)(O)O)cc1)c1ccccc1. The molecule has 0 amide bonds. The van der Waals surface area contributed by atoms with Gasteiger partial charge >= 0.3 is 13.3 Å². The molecule has 1 atom stereocenters. The molecule has 4 aromatic carbocycles. The van der Waals surface area contributed by atoms with Crippen LogP contribution in [0.3, 0.4) is 0 Å². The van der Waals surface area contributed by atoms with E-state index in [0.717, 1.165) is 23.3 Å². The summed E-state index contributed by atoms with van der Waals surface area (Å²) < 4.78 is 39.7. The number of benzene rings is 4. The molecule has 4 aromatic rings. The molecule has 0 aliphatic heterocycles. The lowest BCUT2D eigenvalue weighted by atomic mass is 9.67. The van der Waals surface area contributed by atoms with Crippen LogP contribution in [0.15, 0.2) is 115 Å². The molecule has 36 heavy (non-hydrogen) atoms. The average molecular weight is 506 g/mol. The van der Waals surface area contributed by atoms with Gasteiger partial charge in [0.15, 0.2) is 5.78 Å². The maximum Gasteiger partial charge on any atom is 0.399 e. The molecule has 184 valence electrons. The third-order valence-corrected chi connectivity index (χ3v) is 7.31. The number of halogens is 2. The van der Waals surface area contributed by atoms with Crippen LogP contribution in [-0.2, 0) is 28.5 Å². The van der Waals surface area contributed by atoms with E-state index >= 15 is 0 Å². The van der Waals surface area contributed by atoms with Gasteiger partial charge in [-0.25, -0.2) is 0 Å². The Balaban J connectivity index is 1.84. The largest absolute Gasteiger partial charge is 0.399 e. The van der Waals surface area contributed by atoms with Crippen molar-refractivity contribution in [2.45, 2.75) is 23.9 Å². The molecule has 1 unspecified atom stereocenters. The van der Waals surface area contributed by atoms with Crippen LogP contribution in [0, 0.1) is 0 Å². The Morgan fingerprint density at radius 3 is 1.58 bits per heavy atom. The lowest BCUT2D eigenvalue weighted by Gasteiger charge is -2.34. The molecule has 0 aromatic heterocycles. The number of carbonyl (C=O) groups is 1. The number of hydrogen-bond donors (Lipinski definition) is 2. The summed E-state index contributed by atoms with van der Waals surface area (Å²) in [5.41, 5.74) is -3.29. The molecule has 4 nitrogen and oxygen atoms in total. The minimum Gasteiger partial charge on any atom is -0.320 e. The highest BCUT2D eigenvalue weighted by Crippen LogP contribution is 2.59. The van der Waals surface area contributed by atoms with Crippen molar-refractivity contribution in [3.8, 4) is 0 Å². The first kappa shape index (κ1) is 25.6. The highest BCUT2D eigenvalue weighted by Gasteiger charge is 2.50. The predicted octanol–water partition coefficient (Wildman–Crippen LogP) is 6.52. The summed E-state index contributed by atoms with van der Waals surface area (Å²) in [6.07, 6.45) is 0.563. The fraction of sp³-hybridized carbons (Fsp3) is 0.138. The Bertz CT molecular complexity index is 1360. The fourth-order valence-electron chi connectivity index (χ4n) is 4.47. The summed E-state index contributed by atoms with van der Waals surface area (Å²) in [6, 6.07) is 32.7. The minimum absolute atomic E-state index is 0.109. The van der Waals surface area contributed by atoms with Crippen LogP contribution in [0.25, 0.3) is 0 Å². The van der Waals surface area contributed by atoms with E-state index in [1.807, 2.05) is 66.7 Å². The van der Waals surface area contributed by atoms with Crippen molar-refractivity contribution in [1.82, 2.24) is 0 Å². The number of carbonyl (C=O) groups excluding carboxylic acids is 1. The van der Waals surface area contributed by atoms with Crippen molar-refractivity contribution in [2.75, 3.05) is 0 Å². The maximum absolute atomic E-state index is 14.2. The molecule has 2 N–H and O–H groups in total. The van der Waals surface area contributed by atoms with Gasteiger partial charge in [0.1, 0.15) is 0 Å². The third kappa shape index (κ3) is 5.21. The molecular formula is C29H25F2O4P. The molecule has 0 radical (unpaired) electrons. The summed E-state index contributed by atoms with van der Waals surface area (Å²) in [6.45, 7) is 0. The summed E-state index contributed by atoms with van der Waals surface area (Å²) >= 11 is 0. The second-order valence-corrected chi connectivity index (χ2v) is 10.4. The van der Waals surface area contributed by atoms with Gasteiger partial charge in [-0.1, -0.05) is 115 Å². The van der Waals surface area contributed by atoms with Crippen molar-refractivity contribution in [3.05, 3.63) is 143 Å². The van der Waals surface area contributed by atoms with Gasteiger partial charge in [-0.3, -0.25) is 9.36 Å². The van der Waals surface area contributed by atoms with E-state index in [1.54, 1.807) is 24.3 Å². The van der Waals surface area contributed by atoms with E-state index in [-0.39, 0.29) is 12.2 Å². The maximum atomic E-state index is 14.2. The Hall–Kier alpha value is -3.44. The molecule has 0 saturated heterocycles. The zero-order valence-corrected chi connectivity index (χ0v) is 20.2. The third-order valence-electron chi connectivity index (χ3n) is 6.32. The van der Waals surface area contributed by atoms with E-state index in [2.05, 4.69) is 0 Å². The number of alkyl halides is 2. The Morgan fingerprint density at radius 1 is 0.639 bits per heavy atom. The van der Waals surface area contributed by atoms with Crippen molar-refractivity contribution < 1.29 is 27.9 Å². The second kappa shape index (κ2) is 10.3. The summed E-state index contributed by atoms with van der Waals surface area (Å²) in [7, 11) is -5.68. The van der Waals surface area contributed by atoms with Gasteiger partial charge in [0, 0.05) is 11.1 Å². The highest BCUT2D eigenvalue weighted by atomic mass is 31.2. The van der Waals surface area contributed by atoms with Gasteiger partial charge in [0.2, 0.25) is 0 Å². The van der Waals surface area contributed by atoms with Gasteiger partial charge in [0.05, 0.1) is 5.41 Å². The van der Waals surface area contributed by atoms with E-state index in [9.17, 15) is 18.1 Å². The molecule has 0 saturated carbocycles. The van der Waals surface area contributed by atoms with Crippen LogP contribution in [0.2, 0.25) is 0 Å². The second-order valence-electron chi connectivity index (χ2n) is 8.76. The molecule has 0 bridgehead atoms. The molecule has 0 heterocycles. The topological polar surface area (TPSA) is 74.6 Å². The quantitative estimate of drug-likeness (QED) is 0.200. The lowest BCUT2D eigenvalue weighted by molar-refractivity contribution is 0.0564. The standard InChI is InChI=1S/C29H25F2O4P/c30-29(31,36(33,34)35)26-18-16-23(17-19-26)21-28(25-14-8-3-9-15-25,20-22-10-4-1-5-11-22)27(32)24-12-6-2-7-13-24/h1-19H,20-21H2,(H2,33,34,35). The molecule has 4 rings (SSSR count). The van der Waals surface area contributed by atoms with Crippen LogP contribution in [0.5, 0.6) is 0 Å². The average Bonchev–Trinajstić information content (AvgIpc) is 2.89.